The molecule has 1 aromatic heterocycles. The van der Waals surface area contributed by atoms with E-state index in [2.05, 4.69) is 0 Å². The van der Waals surface area contributed by atoms with Gasteiger partial charge in [-0.25, -0.2) is 0 Å². The van der Waals surface area contributed by atoms with Gasteiger partial charge in [0.1, 0.15) is 18.3 Å². The molecule has 0 amide bonds. The van der Waals surface area contributed by atoms with Crippen LogP contribution in [0.25, 0.3) is 0 Å². The molecular formula is C16H18O3S. The molecular weight excluding hydrogens is 272 g/mol. The molecule has 2 rings (SSSR count). The Morgan fingerprint density at radius 1 is 1.20 bits per heavy atom. The van der Waals surface area contributed by atoms with E-state index in [1.165, 1.54) is 12.0 Å². The van der Waals surface area contributed by atoms with Crippen LogP contribution in [0, 0.1) is 13.8 Å². The Balaban J connectivity index is 2.13. The SMILES string of the molecule is COC(=O)C(COc1ccccc1C)c1ccc(C)s1. The molecule has 2 aromatic rings. The Kier molecular flexibility index (Phi) is 4.79. The van der Waals surface area contributed by atoms with Crippen molar-refractivity contribution in [3.63, 3.8) is 0 Å². The first-order valence-electron chi connectivity index (χ1n) is 6.44. The normalized spacial score (nSPS) is 11.9. The Morgan fingerprint density at radius 2 is 1.95 bits per heavy atom. The van der Waals surface area contributed by atoms with E-state index >= 15 is 0 Å². The molecule has 0 bridgehead atoms. The van der Waals surface area contributed by atoms with Crippen LogP contribution in [0.15, 0.2) is 36.4 Å². The predicted molar refractivity (Wildman–Crippen MR) is 80.5 cm³/mol. The van der Waals surface area contributed by atoms with Gasteiger partial charge in [-0.3, -0.25) is 4.79 Å². The first-order valence-corrected chi connectivity index (χ1v) is 7.26. The molecule has 0 spiro atoms. The maximum Gasteiger partial charge on any atom is 0.317 e. The van der Waals surface area contributed by atoms with Gasteiger partial charge in [0.15, 0.2) is 0 Å². The van der Waals surface area contributed by atoms with Crippen LogP contribution in [-0.2, 0) is 9.53 Å². The molecule has 1 heterocycles. The first-order chi connectivity index (χ1) is 9.61. The molecule has 0 aliphatic heterocycles. The van der Waals surface area contributed by atoms with Crippen molar-refractivity contribution < 1.29 is 14.3 Å². The highest BCUT2D eigenvalue weighted by Crippen LogP contribution is 2.27. The Morgan fingerprint density at radius 3 is 2.55 bits per heavy atom. The van der Waals surface area contributed by atoms with E-state index in [4.69, 9.17) is 9.47 Å². The summed E-state index contributed by atoms with van der Waals surface area (Å²) in [6, 6.07) is 11.7. The van der Waals surface area contributed by atoms with Gasteiger partial charge in [0.2, 0.25) is 0 Å². The number of thiophene rings is 1. The molecule has 0 radical (unpaired) electrons. The van der Waals surface area contributed by atoms with E-state index in [-0.39, 0.29) is 18.5 Å². The summed E-state index contributed by atoms with van der Waals surface area (Å²) in [7, 11) is 1.41. The zero-order valence-electron chi connectivity index (χ0n) is 11.9. The zero-order chi connectivity index (χ0) is 14.5. The average Bonchev–Trinajstić information content (AvgIpc) is 2.87. The summed E-state index contributed by atoms with van der Waals surface area (Å²) >= 11 is 1.60. The number of carbonyl (C=O) groups excluding carboxylic acids is 1. The quantitative estimate of drug-likeness (QED) is 0.788. The molecule has 0 saturated carbocycles. The molecule has 4 heteroatoms. The largest absolute Gasteiger partial charge is 0.492 e. The molecule has 1 atom stereocenters. The van der Waals surface area contributed by atoms with Crippen molar-refractivity contribution in [3.05, 3.63) is 51.7 Å². The summed E-state index contributed by atoms with van der Waals surface area (Å²) in [6.45, 7) is 4.29. The van der Waals surface area contributed by atoms with Gasteiger partial charge in [-0.15, -0.1) is 11.3 Å². The summed E-state index contributed by atoms with van der Waals surface area (Å²) in [5.74, 6) is 0.161. The highest BCUT2D eigenvalue weighted by atomic mass is 32.1. The van der Waals surface area contributed by atoms with E-state index in [1.807, 2.05) is 50.2 Å². The number of hydrogen-bond acceptors (Lipinski definition) is 4. The molecule has 1 aromatic carbocycles. The second-order valence-corrected chi connectivity index (χ2v) is 5.92. The molecule has 0 aliphatic carbocycles. The molecule has 0 fully saturated rings. The summed E-state index contributed by atoms with van der Waals surface area (Å²) in [5, 5.41) is 0. The number of rotatable bonds is 5. The summed E-state index contributed by atoms with van der Waals surface area (Å²) in [5.41, 5.74) is 1.05. The number of esters is 1. The van der Waals surface area contributed by atoms with Gasteiger partial charge in [-0.1, -0.05) is 18.2 Å². The lowest BCUT2D eigenvalue weighted by atomic mass is 10.1. The fourth-order valence-electron chi connectivity index (χ4n) is 1.94. The van der Waals surface area contributed by atoms with Crippen LogP contribution < -0.4 is 4.74 Å². The monoisotopic (exact) mass is 290 g/mol. The van der Waals surface area contributed by atoms with E-state index in [9.17, 15) is 4.79 Å². The minimum atomic E-state index is -0.377. The third-order valence-corrected chi connectivity index (χ3v) is 4.20. The molecule has 106 valence electrons. The number of ether oxygens (including phenoxy) is 2. The lowest BCUT2D eigenvalue weighted by molar-refractivity contribution is -0.143. The van der Waals surface area contributed by atoms with Crippen LogP contribution in [0.5, 0.6) is 5.75 Å². The second-order valence-electron chi connectivity index (χ2n) is 4.60. The van der Waals surface area contributed by atoms with Crippen LogP contribution in [0.2, 0.25) is 0 Å². The van der Waals surface area contributed by atoms with Crippen LogP contribution in [-0.4, -0.2) is 19.7 Å². The molecule has 20 heavy (non-hydrogen) atoms. The van der Waals surface area contributed by atoms with Crippen molar-refractivity contribution in [2.75, 3.05) is 13.7 Å². The van der Waals surface area contributed by atoms with Crippen molar-refractivity contribution in [1.82, 2.24) is 0 Å². The maximum atomic E-state index is 11.9. The van der Waals surface area contributed by atoms with Crippen LogP contribution >= 0.6 is 11.3 Å². The highest BCUT2D eigenvalue weighted by Gasteiger charge is 2.24. The van der Waals surface area contributed by atoms with Crippen molar-refractivity contribution in [3.8, 4) is 5.75 Å². The third-order valence-electron chi connectivity index (χ3n) is 3.09. The molecule has 3 nitrogen and oxygen atoms in total. The number of hydrogen-bond donors (Lipinski definition) is 0. The number of aryl methyl sites for hydroxylation is 2. The first kappa shape index (κ1) is 14.6. The zero-order valence-corrected chi connectivity index (χ0v) is 12.7. The third kappa shape index (κ3) is 3.39. The second kappa shape index (κ2) is 6.57. The summed E-state index contributed by atoms with van der Waals surface area (Å²) < 4.78 is 10.7. The number of carbonyl (C=O) groups is 1. The minimum absolute atomic E-state index is 0.263. The Labute approximate surface area is 123 Å². The van der Waals surface area contributed by atoms with Crippen LogP contribution in [0.4, 0.5) is 0 Å². The molecule has 1 unspecified atom stereocenters. The van der Waals surface area contributed by atoms with Crippen molar-refractivity contribution in [2.24, 2.45) is 0 Å². The van der Waals surface area contributed by atoms with Crippen LogP contribution in [0.3, 0.4) is 0 Å². The average molecular weight is 290 g/mol. The molecule has 0 saturated heterocycles. The van der Waals surface area contributed by atoms with E-state index in [0.717, 1.165) is 16.2 Å². The highest BCUT2D eigenvalue weighted by molar-refractivity contribution is 7.12. The number of benzene rings is 1. The van der Waals surface area contributed by atoms with Gasteiger partial charge in [0.05, 0.1) is 7.11 Å². The van der Waals surface area contributed by atoms with Gasteiger partial charge in [-0.2, -0.15) is 0 Å². The van der Waals surface area contributed by atoms with Crippen molar-refractivity contribution in [1.29, 1.82) is 0 Å². The van der Waals surface area contributed by atoms with Gasteiger partial charge < -0.3 is 9.47 Å². The molecule has 0 N–H and O–H groups in total. The standard InChI is InChI=1S/C16H18O3S/c1-11-6-4-5-7-14(11)19-10-13(16(17)18-3)15-9-8-12(2)20-15/h4-9,13H,10H2,1-3H3. The fraction of sp³-hybridized carbons (Fsp3) is 0.312. The summed E-state index contributed by atoms with van der Waals surface area (Å²) in [6.07, 6.45) is 0. The number of para-hydroxylation sites is 1. The minimum Gasteiger partial charge on any atom is -0.492 e. The Hall–Kier alpha value is -1.81. The lowest BCUT2D eigenvalue weighted by Crippen LogP contribution is -2.20. The van der Waals surface area contributed by atoms with Gasteiger partial charge >= 0.3 is 5.97 Å². The van der Waals surface area contributed by atoms with Crippen molar-refractivity contribution in [2.45, 2.75) is 19.8 Å². The van der Waals surface area contributed by atoms with Crippen molar-refractivity contribution >= 4 is 17.3 Å². The topological polar surface area (TPSA) is 35.5 Å². The molecule has 0 aliphatic rings. The smallest absolute Gasteiger partial charge is 0.317 e. The van der Waals surface area contributed by atoms with Gasteiger partial charge in [0, 0.05) is 9.75 Å². The van der Waals surface area contributed by atoms with E-state index in [0.29, 0.717) is 0 Å². The van der Waals surface area contributed by atoms with E-state index < -0.39 is 0 Å². The van der Waals surface area contributed by atoms with E-state index in [1.54, 1.807) is 11.3 Å². The predicted octanol–water partition coefficient (Wildman–Crippen LogP) is 3.70. The van der Waals surface area contributed by atoms with Gasteiger partial charge in [0.25, 0.3) is 0 Å². The van der Waals surface area contributed by atoms with Gasteiger partial charge in [-0.05, 0) is 37.6 Å². The maximum absolute atomic E-state index is 11.9. The Bertz CT molecular complexity index is 589. The fourth-order valence-corrected chi connectivity index (χ4v) is 2.89. The lowest BCUT2D eigenvalue weighted by Gasteiger charge is -2.15. The van der Waals surface area contributed by atoms with Crippen LogP contribution in [0.1, 0.15) is 21.2 Å². The summed E-state index contributed by atoms with van der Waals surface area (Å²) in [4.78, 5) is 14.1. The number of methoxy groups -OCH3 is 1.